The van der Waals surface area contributed by atoms with Crippen LogP contribution in [0.1, 0.15) is 0 Å². The summed E-state index contributed by atoms with van der Waals surface area (Å²) >= 11 is 0. The van der Waals surface area contributed by atoms with E-state index in [4.69, 9.17) is 5.73 Å². The third-order valence-corrected chi connectivity index (χ3v) is 0.903. The molecule has 52 valence electrons. The normalized spacial score (nSPS) is 8.80. The Hall–Kier alpha value is -1.58. The quantitative estimate of drug-likeness (QED) is 0.625. The fourth-order valence-electron chi connectivity index (χ4n) is 0.504. The highest BCUT2D eigenvalue weighted by molar-refractivity contribution is 5.36. The first-order chi connectivity index (χ1) is 4.83. The summed E-state index contributed by atoms with van der Waals surface area (Å²) in [5, 5.41) is 2.72. The van der Waals surface area contributed by atoms with Crippen LogP contribution in [0.15, 0.2) is 25.2 Å². The highest BCUT2D eigenvalue weighted by Gasteiger charge is 1.88. The lowest BCUT2D eigenvalue weighted by atomic mass is 10.6. The predicted octanol–water partition coefficient (Wildman–Crippen LogP) is 0.614. The molecule has 0 saturated carbocycles. The van der Waals surface area contributed by atoms with Crippen LogP contribution in [0.2, 0.25) is 0 Å². The maximum Gasteiger partial charge on any atom is 0.226 e. The molecule has 1 heterocycles. The summed E-state index contributed by atoms with van der Waals surface area (Å²) < 4.78 is 0. The topological polar surface area (TPSA) is 63.8 Å². The molecular weight excluding hydrogens is 128 g/mol. The van der Waals surface area contributed by atoms with Crippen molar-refractivity contribution in [3.8, 4) is 0 Å². The minimum Gasteiger partial charge on any atom is -0.396 e. The van der Waals surface area contributed by atoms with E-state index in [1.807, 2.05) is 0 Å². The molecule has 4 nitrogen and oxygen atoms in total. The van der Waals surface area contributed by atoms with E-state index < -0.39 is 0 Å². The Balaban J connectivity index is 2.78. The van der Waals surface area contributed by atoms with Gasteiger partial charge >= 0.3 is 0 Å². The molecule has 0 aromatic carbocycles. The SMILES string of the molecule is C=CNc1ncc(N)cn1. The van der Waals surface area contributed by atoms with Crippen LogP contribution in [0.4, 0.5) is 11.6 Å². The van der Waals surface area contributed by atoms with Crippen molar-refractivity contribution in [1.29, 1.82) is 0 Å². The highest BCUT2D eigenvalue weighted by atomic mass is 15.1. The Labute approximate surface area is 58.8 Å². The molecule has 0 radical (unpaired) electrons. The number of nitrogen functional groups attached to an aromatic ring is 1. The molecule has 0 saturated heterocycles. The van der Waals surface area contributed by atoms with Gasteiger partial charge in [-0.05, 0) is 6.20 Å². The van der Waals surface area contributed by atoms with Crippen molar-refractivity contribution in [3.63, 3.8) is 0 Å². The van der Waals surface area contributed by atoms with E-state index in [0.717, 1.165) is 0 Å². The number of hydrogen-bond donors (Lipinski definition) is 2. The zero-order chi connectivity index (χ0) is 7.40. The van der Waals surface area contributed by atoms with Crippen molar-refractivity contribution in [2.24, 2.45) is 0 Å². The average molecular weight is 136 g/mol. The second-order valence-corrected chi connectivity index (χ2v) is 1.69. The van der Waals surface area contributed by atoms with E-state index in [-0.39, 0.29) is 0 Å². The molecule has 0 aliphatic carbocycles. The fourth-order valence-corrected chi connectivity index (χ4v) is 0.504. The Bertz CT molecular complexity index is 216. The maximum absolute atomic E-state index is 5.34. The molecule has 1 aromatic rings. The smallest absolute Gasteiger partial charge is 0.226 e. The number of aromatic nitrogens is 2. The van der Waals surface area contributed by atoms with E-state index in [1.165, 1.54) is 18.6 Å². The summed E-state index contributed by atoms with van der Waals surface area (Å²) in [6.45, 7) is 3.46. The van der Waals surface area contributed by atoms with Gasteiger partial charge in [-0.15, -0.1) is 0 Å². The van der Waals surface area contributed by atoms with Crippen LogP contribution in [0.5, 0.6) is 0 Å². The van der Waals surface area contributed by atoms with Crippen LogP contribution in [-0.4, -0.2) is 9.97 Å². The minimum atomic E-state index is 0.504. The molecule has 0 fully saturated rings. The number of rotatable bonds is 2. The first kappa shape index (κ1) is 6.54. The van der Waals surface area contributed by atoms with Crippen molar-refractivity contribution in [2.75, 3.05) is 11.1 Å². The minimum absolute atomic E-state index is 0.504. The number of anilines is 2. The van der Waals surface area contributed by atoms with Gasteiger partial charge in [0.2, 0.25) is 5.95 Å². The summed E-state index contributed by atoms with van der Waals surface area (Å²) in [5.41, 5.74) is 5.89. The summed E-state index contributed by atoms with van der Waals surface area (Å²) in [6, 6.07) is 0. The third-order valence-electron chi connectivity index (χ3n) is 0.903. The van der Waals surface area contributed by atoms with E-state index >= 15 is 0 Å². The zero-order valence-corrected chi connectivity index (χ0v) is 5.41. The first-order valence-electron chi connectivity index (χ1n) is 2.78. The first-order valence-corrected chi connectivity index (χ1v) is 2.78. The largest absolute Gasteiger partial charge is 0.396 e. The van der Waals surface area contributed by atoms with E-state index in [1.54, 1.807) is 0 Å². The van der Waals surface area contributed by atoms with Gasteiger partial charge in [0, 0.05) is 0 Å². The van der Waals surface area contributed by atoms with Crippen LogP contribution in [0.3, 0.4) is 0 Å². The van der Waals surface area contributed by atoms with Crippen LogP contribution >= 0.6 is 0 Å². The van der Waals surface area contributed by atoms with E-state index in [2.05, 4.69) is 21.9 Å². The second-order valence-electron chi connectivity index (χ2n) is 1.69. The molecule has 0 spiro atoms. The summed E-state index contributed by atoms with van der Waals surface area (Å²) in [7, 11) is 0. The van der Waals surface area contributed by atoms with Crippen molar-refractivity contribution < 1.29 is 0 Å². The molecule has 10 heavy (non-hydrogen) atoms. The van der Waals surface area contributed by atoms with Gasteiger partial charge in [-0.1, -0.05) is 6.58 Å². The second kappa shape index (κ2) is 2.82. The van der Waals surface area contributed by atoms with E-state index in [9.17, 15) is 0 Å². The van der Waals surface area contributed by atoms with E-state index in [0.29, 0.717) is 11.6 Å². The molecule has 0 atom stereocenters. The van der Waals surface area contributed by atoms with Gasteiger partial charge in [0.05, 0.1) is 18.1 Å². The fraction of sp³-hybridized carbons (Fsp3) is 0. The van der Waals surface area contributed by atoms with Crippen molar-refractivity contribution in [3.05, 3.63) is 25.2 Å². The summed E-state index contributed by atoms with van der Waals surface area (Å²) in [6.07, 6.45) is 4.56. The molecule has 1 rings (SSSR count). The lowest BCUT2D eigenvalue weighted by Crippen LogP contribution is -1.95. The van der Waals surface area contributed by atoms with Crippen molar-refractivity contribution >= 4 is 11.6 Å². The molecule has 0 unspecified atom stereocenters. The third kappa shape index (κ3) is 1.45. The summed E-state index contributed by atoms with van der Waals surface area (Å²) in [5.74, 6) is 0.504. The van der Waals surface area contributed by atoms with Gasteiger partial charge in [-0.2, -0.15) is 0 Å². The number of nitrogens with one attached hydrogen (secondary N) is 1. The molecular formula is C6H8N4. The number of nitrogens with zero attached hydrogens (tertiary/aromatic N) is 2. The molecule has 0 amide bonds. The van der Waals surface area contributed by atoms with Gasteiger partial charge in [0.1, 0.15) is 0 Å². The average Bonchev–Trinajstić information content (AvgIpc) is 1.95. The van der Waals surface area contributed by atoms with Gasteiger partial charge in [0.25, 0.3) is 0 Å². The lowest BCUT2D eigenvalue weighted by Gasteiger charge is -1.95. The zero-order valence-electron chi connectivity index (χ0n) is 5.41. The van der Waals surface area contributed by atoms with Gasteiger partial charge < -0.3 is 11.1 Å². The molecule has 4 heteroatoms. The lowest BCUT2D eigenvalue weighted by molar-refractivity contribution is 1.17. The van der Waals surface area contributed by atoms with Crippen LogP contribution in [0.25, 0.3) is 0 Å². The number of nitrogens with two attached hydrogens (primary N) is 1. The van der Waals surface area contributed by atoms with Gasteiger partial charge in [0.15, 0.2) is 0 Å². The molecule has 0 bridgehead atoms. The molecule has 3 N–H and O–H groups in total. The number of hydrogen-bond acceptors (Lipinski definition) is 4. The van der Waals surface area contributed by atoms with Crippen LogP contribution < -0.4 is 11.1 Å². The van der Waals surface area contributed by atoms with Crippen LogP contribution in [0, 0.1) is 0 Å². The van der Waals surface area contributed by atoms with Gasteiger partial charge in [-0.25, -0.2) is 9.97 Å². The monoisotopic (exact) mass is 136 g/mol. The molecule has 1 aromatic heterocycles. The summed E-state index contributed by atoms with van der Waals surface area (Å²) in [4.78, 5) is 7.70. The Kier molecular flexibility index (Phi) is 1.84. The Morgan fingerprint density at radius 2 is 2.10 bits per heavy atom. The maximum atomic E-state index is 5.34. The van der Waals surface area contributed by atoms with Crippen molar-refractivity contribution in [1.82, 2.24) is 9.97 Å². The highest BCUT2D eigenvalue weighted by Crippen LogP contribution is 1.99. The molecule has 0 aliphatic rings. The van der Waals surface area contributed by atoms with Crippen molar-refractivity contribution in [2.45, 2.75) is 0 Å². The van der Waals surface area contributed by atoms with Crippen LogP contribution in [-0.2, 0) is 0 Å². The Morgan fingerprint density at radius 1 is 1.50 bits per heavy atom. The Morgan fingerprint density at radius 3 is 2.60 bits per heavy atom. The standard InChI is InChI=1S/C6H8N4/c1-2-8-6-9-3-5(7)4-10-6/h2-4H,1,7H2,(H,8,9,10). The molecule has 0 aliphatic heterocycles. The predicted molar refractivity (Wildman–Crippen MR) is 40.3 cm³/mol. The van der Waals surface area contributed by atoms with Gasteiger partial charge in [-0.3, -0.25) is 0 Å².